The van der Waals surface area contributed by atoms with E-state index in [1.165, 1.54) is 0 Å². The van der Waals surface area contributed by atoms with Gasteiger partial charge in [-0.25, -0.2) is 4.79 Å². The lowest BCUT2D eigenvalue weighted by molar-refractivity contribution is 0.0697. The number of carbonyl (C=O) groups is 1. The van der Waals surface area contributed by atoms with Crippen molar-refractivity contribution in [3.63, 3.8) is 0 Å². The maximum atomic E-state index is 11.2. The lowest BCUT2D eigenvalue weighted by Gasteiger charge is -2.07. The number of hydrogen-bond donors (Lipinski definition) is 1. The zero-order chi connectivity index (χ0) is 16.0. The van der Waals surface area contributed by atoms with Crippen LogP contribution in [0.1, 0.15) is 21.5 Å². The third kappa shape index (κ3) is 2.67. The minimum atomic E-state index is -0.916. The fourth-order valence-electron chi connectivity index (χ4n) is 2.98. The molecule has 0 saturated carbocycles. The van der Waals surface area contributed by atoms with Crippen molar-refractivity contribution < 1.29 is 19.4 Å². The highest BCUT2D eigenvalue weighted by atomic mass is 35.5. The average molecular weight is 346 g/mol. The topological polar surface area (TPSA) is 60.7 Å². The van der Waals surface area contributed by atoms with Crippen LogP contribution in [0.4, 0.5) is 0 Å². The number of hydrogen-bond acceptors (Lipinski definition) is 3. The van der Waals surface area contributed by atoms with Gasteiger partial charge in [-0.15, -0.1) is 12.4 Å². The van der Waals surface area contributed by atoms with Gasteiger partial charge in [-0.1, -0.05) is 12.1 Å². The molecule has 6 heteroatoms. The van der Waals surface area contributed by atoms with Gasteiger partial charge in [0.25, 0.3) is 0 Å². The van der Waals surface area contributed by atoms with Gasteiger partial charge >= 0.3 is 5.97 Å². The third-order valence-electron chi connectivity index (χ3n) is 4.12. The summed E-state index contributed by atoms with van der Waals surface area (Å²) < 4.78 is 12.8. The number of rotatable bonds is 3. The van der Waals surface area contributed by atoms with E-state index in [0.29, 0.717) is 12.1 Å². The standard InChI is InChI=1S/C18H15NO4.ClH/c1-11-8-19(15-7-13(18(20)21)3-4-14(11)15)9-12-2-5-16-17(6-12)23-10-22-16;/h2-8H,9-10H2,1H3,(H,20,21);1H. The smallest absolute Gasteiger partial charge is 0.335 e. The van der Waals surface area contributed by atoms with Crippen LogP contribution in [0, 0.1) is 6.92 Å². The molecule has 0 atom stereocenters. The van der Waals surface area contributed by atoms with E-state index < -0.39 is 5.97 Å². The van der Waals surface area contributed by atoms with Crippen LogP contribution in [-0.2, 0) is 6.54 Å². The summed E-state index contributed by atoms with van der Waals surface area (Å²) in [6.45, 7) is 2.93. The first-order valence-electron chi connectivity index (χ1n) is 7.33. The Labute approximate surface area is 144 Å². The maximum absolute atomic E-state index is 11.2. The largest absolute Gasteiger partial charge is 0.478 e. The van der Waals surface area contributed by atoms with Crippen LogP contribution in [0.3, 0.4) is 0 Å². The van der Waals surface area contributed by atoms with E-state index >= 15 is 0 Å². The van der Waals surface area contributed by atoms with E-state index in [9.17, 15) is 9.90 Å². The molecule has 2 heterocycles. The highest BCUT2D eigenvalue weighted by Crippen LogP contribution is 2.33. The monoisotopic (exact) mass is 345 g/mol. The fourth-order valence-corrected chi connectivity index (χ4v) is 2.98. The molecule has 1 N–H and O–H groups in total. The van der Waals surface area contributed by atoms with Gasteiger partial charge in [-0.2, -0.15) is 0 Å². The van der Waals surface area contributed by atoms with E-state index in [4.69, 9.17) is 9.47 Å². The minimum Gasteiger partial charge on any atom is -0.478 e. The summed E-state index contributed by atoms with van der Waals surface area (Å²) in [4.78, 5) is 11.2. The summed E-state index contributed by atoms with van der Waals surface area (Å²) >= 11 is 0. The molecule has 4 rings (SSSR count). The predicted octanol–water partition coefficient (Wildman–Crippen LogP) is 3.85. The number of aryl methyl sites for hydroxylation is 1. The summed E-state index contributed by atoms with van der Waals surface area (Å²) in [6, 6.07) is 11.1. The molecule has 1 aliphatic rings. The second-order valence-electron chi connectivity index (χ2n) is 5.66. The van der Waals surface area contributed by atoms with Crippen molar-refractivity contribution in [2.75, 3.05) is 6.79 Å². The van der Waals surface area contributed by atoms with Gasteiger partial charge in [-0.3, -0.25) is 0 Å². The summed E-state index contributed by atoms with van der Waals surface area (Å²) in [5.41, 5.74) is 3.41. The summed E-state index contributed by atoms with van der Waals surface area (Å²) in [7, 11) is 0. The van der Waals surface area contributed by atoms with E-state index in [0.717, 1.165) is 33.5 Å². The average Bonchev–Trinajstić information content (AvgIpc) is 3.12. The number of aromatic carboxylic acids is 1. The molecule has 24 heavy (non-hydrogen) atoms. The SMILES string of the molecule is Cc1cn(Cc2ccc3c(c2)OCO3)c2cc(C(=O)O)ccc12.Cl. The van der Waals surface area contributed by atoms with Crippen molar-refractivity contribution in [2.45, 2.75) is 13.5 Å². The quantitative estimate of drug-likeness (QED) is 0.783. The number of carboxylic acid groups (broad SMARTS) is 1. The summed E-state index contributed by atoms with van der Waals surface area (Å²) in [5, 5.41) is 10.3. The minimum absolute atomic E-state index is 0. The van der Waals surface area contributed by atoms with Crippen LogP contribution in [0.15, 0.2) is 42.6 Å². The molecule has 0 spiro atoms. The van der Waals surface area contributed by atoms with Gasteiger partial charge in [0.15, 0.2) is 11.5 Å². The predicted molar refractivity (Wildman–Crippen MR) is 92.5 cm³/mol. The highest BCUT2D eigenvalue weighted by Gasteiger charge is 2.14. The Balaban J connectivity index is 0.00000169. The van der Waals surface area contributed by atoms with Gasteiger partial charge < -0.3 is 19.1 Å². The van der Waals surface area contributed by atoms with Gasteiger partial charge in [0.05, 0.1) is 5.56 Å². The van der Waals surface area contributed by atoms with Crippen molar-refractivity contribution in [1.82, 2.24) is 4.57 Å². The number of nitrogens with zero attached hydrogens (tertiary/aromatic N) is 1. The molecular weight excluding hydrogens is 330 g/mol. The molecule has 0 unspecified atom stereocenters. The van der Waals surface area contributed by atoms with Crippen LogP contribution < -0.4 is 9.47 Å². The lowest BCUT2D eigenvalue weighted by Crippen LogP contribution is -2.00. The van der Waals surface area contributed by atoms with E-state index in [-0.39, 0.29) is 19.2 Å². The third-order valence-corrected chi connectivity index (χ3v) is 4.12. The van der Waals surface area contributed by atoms with Crippen LogP contribution in [-0.4, -0.2) is 22.4 Å². The Bertz CT molecular complexity index is 932. The maximum Gasteiger partial charge on any atom is 0.335 e. The Morgan fingerprint density at radius 2 is 1.96 bits per heavy atom. The van der Waals surface area contributed by atoms with Crippen molar-refractivity contribution in [3.05, 3.63) is 59.3 Å². The van der Waals surface area contributed by atoms with Crippen LogP contribution in [0.5, 0.6) is 11.5 Å². The molecular formula is C18H16ClNO4. The summed E-state index contributed by atoms with van der Waals surface area (Å²) in [6.07, 6.45) is 2.04. The first-order valence-corrected chi connectivity index (χ1v) is 7.33. The number of halogens is 1. The first-order chi connectivity index (χ1) is 11.1. The van der Waals surface area contributed by atoms with Crippen LogP contribution >= 0.6 is 12.4 Å². The molecule has 0 radical (unpaired) electrons. The zero-order valence-corrected chi connectivity index (χ0v) is 13.8. The molecule has 2 aromatic carbocycles. The molecule has 5 nitrogen and oxygen atoms in total. The Kier molecular flexibility index (Phi) is 4.11. The van der Waals surface area contributed by atoms with Gasteiger partial charge in [-0.05, 0) is 42.3 Å². The van der Waals surface area contributed by atoms with Gasteiger partial charge in [0, 0.05) is 23.6 Å². The van der Waals surface area contributed by atoms with Crippen molar-refractivity contribution >= 4 is 29.3 Å². The number of aromatic nitrogens is 1. The molecule has 3 aromatic rings. The molecule has 1 aromatic heterocycles. The van der Waals surface area contributed by atoms with Gasteiger partial charge in [0.2, 0.25) is 6.79 Å². The number of benzene rings is 2. The van der Waals surface area contributed by atoms with Crippen LogP contribution in [0.2, 0.25) is 0 Å². The molecule has 0 fully saturated rings. The Morgan fingerprint density at radius 3 is 2.75 bits per heavy atom. The van der Waals surface area contributed by atoms with Crippen molar-refractivity contribution in [2.24, 2.45) is 0 Å². The second kappa shape index (κ2) is 6.09. The van der Waals surface area contributed by atoms with Crippen molar-refractivity contribution in [1.29, 1.82) is 0 Å². The Hall–Kier alpha value is -2.66. The number of ether oxygens (including phenoxy) is 2. The fraction of sp³-hybridized carbons (Fsp3) is 0.167. The molecule has 1 aliphatic heterocycles. The van der Waals surface area contributed by atoms with Gasteiger partial charge in [0.1, 0.15) is 0 Å². The first kappa shape index (κ1) is 16.2. The van der Waals surface area contributed by atoms with Crippen LogP contribution in [0.25, 0.3) is 10.9 Å². The van der Waals surface area contributed by atoms with Crippen molar-refractivity contribution in [3.8, 4) is 11.5 Å². The molecule has 0 amide bonds. The number of fused-ring (bicyclic) bond motifs is 2. The molecule has 0 bridgehead atoms. The zero-order valence-electron chi connectivity index (χ0n) is 13.0. The van der Waals surface area contributed by atoms with E-state index in [2.05, 4.69) is 4.57 Å². The number of carboxylic acids is 1. The second-order valence-corrected chi connectivity index (χ2v) is 5.66. The van der Waals surface area contributed by atoms with E-state index in [1.54, 1.807) is 12.1 Å². The molecule has 124 valence electrons. The summed E-state index contributed by atoms with van der Waals surface area (Å²) in [5.74, 6) is 0.595. The van der Waals surface area contributed by atoms with E-state index in [1.807, 2.05) is 37.4 Å². The highest BCUT2D eigenvalue weighted by molar-refractivity contribution is 5.94. The Morgan fingerprint density at radius 1 is 1.17 bits per heavy atom. The molecule has 0 aliphatic carbocycles. The normalized spacial score (nSPS) is 12.2. The lowest BCUT2D eigenvalue weighted by atomic mass is 10.1. The molecule has 0 saturated heterocycles.